The summed E-state index contributed by atoms with van der Waals surface area (Å²) in [7, 11) is 0. The third-order valence-electron chi connectivity index (χ3n) is 3.52. The van der Waals surface area contributed by atoms with E-state index in [0.29, 0.717) is 10.8 Å². The van der Waals surface area contributed by atoms with Gasteiger partial charge in [-0.3, -0.25) is 9.59 Å². The van der Waals surface area contributed by atoms with Gasteiger partial charge in [-0.1, -0.05) is 12.1 Å². The Labute approximate surface area is 125 Å². The first-order valence-corrected chi connectivity index (χ1v) is 7.45. The molecule has 1 aliphatic rings. The van der Waals surface area contributed by atoms with E-state index in [0.717, 1.165) is 12.0 Å². The van der Waals surface area contributed by atoms with Crippen LogP contribution in [0.4, 0.5) is 9.52 Å². The minimum atomic E-state index is -0.278. The number of carbonyl (C=O) groups is 2. The van der Waals surface area contributed by atoms with E-state index in [1.807, 2.05) is 0 Å². The fraction of sp³-hybridized carbons (Fsp3) is 0.267. The molecule has 1 fully saturated rings. The van der Waals surface area contributed by atoms with Gasteiger partial charge in [0.1, 0.15) is 11.5 Å². The fourth-order valence-electron chi connectivity index (χ4n) is 2.25. The van der Waals surface area contributed by atoms with Crippen LogP contribution < -0.4 is 5.32 Å². The Morgan fingerprint density at radius 2 is 2.05 bits per heavy atom. The van der Waals surface area contributed by atoms with Gasteiger partial charge in [-0.05, 0) is 30.0 Å². The normalized spacial score (nSPS) is 20.1. The molecule has 0 aliphatic heterocycles. The molecule has 21 heavy (non-hydrogen) atoms. The molecule has 4 nitrogen and oxygen atoms in total. The molecule has 6 heteroatoms. The number of amides is 1. The van der Waals surface area contributed by atoms with Crippen molar-refractivity contribution in [2.45, 2.75) is 19.3 Å². The van der Waals surface area contributed by atoms with Crippen molar-refractivity contribution in [3.8, 4) is 0 Å². The second-order valence-electron chi connectivity index (χ2n) is 5.08. The number of rotatable bonds is 4. The van der Waals surface area contributed by atoms with Gasteiger partial charge < -0.3 is 5.32 Å². The first kappa shape index (κ1) is 13.9. The Bertz CT molecular complexity index is 696. The molecule has 2 atom stereocenters. The number of thiazole rings is 1. The molecule has 1 aromatic heterocycles. The van der Waals surface area contributed by atoms with E-state index in [4.69, 9.17) is 0 Å². The molecule has 108 valence electrons. The molecule has 2 unspecified atom stereocenters. The van der Waals surface area contributed by atoms with Crippen LogP contribution in [0.2, 0.25) is 0 Å². The summed E-state index contributed by atoms with van der Waals surface area (Å²) in [6.45, 7) is 1.44. The van der Waals surface area contributed by atoms with Crippen LogP contribution in [0.15, 0.2) is 29.6 Å². The van der Waals surface area contributed by atoms with Crippen LogP contribution in [0, 0.1) is 11.7 Å². The zero-order valence-electron chi connectivity index (χ0n) is 11.3. The summed E-state index contributed by atoms with van der Waals surface area (Å²) < 4.78 is 12.9. The maximum absolute atomic E-state index is 12.9. The van der Waals surface area contributed by atoms with Gasteiger partial charge in [0.15, 0.2) is 10.9 Å². The molecule has 1 saturated carbocycles. The number of Topliss-reactive ketones (excluding diaryl/α,β-unsaturated/α-hetero) is 1. The highest BCUT2D eigenvalue weighted by Gasteiger charge is 2.44. The van der Waals surface area contributed by atoms with E-state index in [-0.39, 0.29) is 29.3 Å². The zero-order chi connectivity index (χ0) is 15.0. The predicted octanol–water partition coefficient (Wildman–Crippen LogP) is 3.23. The Hall–Kier alpha value is -2.08. The van der Waals surface area contributed by atoms with Gasteiger partial charge in [0.05, 0.1) is 0 Å². The lowest BCUT2D eigenvalue weighted by atomic mass is 10.1. The van der Waals surface area contributed by atoms with Crippen molar-refractivity contribution < 1.29 is 14.0 Å². The molecule has 0 bridgehead atoms. The van der Waals surface area contributed by atoms with Crippen LogP contribution >= 0.6 is 11.3 Å². The summed E-state index contributed by atoms with van der Waals surface area (Å²) in [5.74, 6) is -0.478. The smallest absolute Gasteiger partial charge is 0.229 e. The Morgan fingerprint density at radius 3 is 2.67 bits per heavy atom. The minimum absolute atomic E-state index is 0.103. The quantitative estimate of drug-likeness (QED) is 0.882. The van der Waals surface area contributed by atoms with Crippen molar-refractivity contribution in [3.63, 3.8) is 0 Å². The van der Waals surface area contributed by atoms with E-state index < -0.39 is 0 Å². The number of nitrogens with zero attached hydrogens (tertiary/aromatic N) is 1. The largest absolute Gasteiger partial charge is 0.302 e. The van der Waals surface area contributed by atoms with Crippen LogP contribution in [0.3, 0.4) is 0 Å². The Morgan fingerprint density at radius 1 is 1.33 bits per heavy atom. The molecule has 2 aromatic rings. The molecule has 0 spiro atoms. The SMILES string of the molecule is CC(=O)c1csc(NC(=O)C2CC2c2ccc(F)cc2)n1. The van der Waals surface area contributed by atoms with Gasteiger partial charge in [-0.25, -0.2) is 9.37 Å². The van der Waals surface area contributed by atoms with Crippen molar-refractivity contribution in [3.05, 3.63) is 46.7 Å². The summed E-state index contributed by atoms with van der Waals surface area (Å²) in [6.07, 6.45) is 0.752. The third kappa shape index (κ3) is 3.00. The molecular formula is C15H13FN2O2S. The minimum Gasteiger partial charge on any atom is -0.302 e. The second-order valence-corrected chi connectivity index (χ2v) is 5.94. The second kappa shape index (κ2) is 5.37. The van der Waals surface area contributed by atoms with Crippen LogP contribution in [-0.2, 0) is 4.79 Å². The number of ketones is 1. The monoisotopic (exact) mass is 304 g/mol. The molecule has 3 rings (SSSR count). The summed E-state index contributed by atoms with van der Waals surface area (Å²) in [5.41, 5.74) is 1.33. The highest BCUT2D eigenvalue weighted by Crippen LogP contribution is 2.48. The number of hydrogen-bond donors (Lipinski definition) is 1. The summed E-state index contributed by atoms with van der Waals surface area (Å²) in [5, 5.41) is 4.80. The van der Waals surface area contributed by atoms with Crippen LogP contribution in [0.25, 0.3) is 0 Å². The molecule has 1 aromatic carbocycles. The van der Waals surface area contributed by atoms with Gasteiger partial charge in [-0.15, -0.1) is 11.3 Å². The van der Waals surface area contributed by atoms with Gasteiger partial charge in [0.2, 0.25) is 5.91 Å². The van der Waals surface area contributed by atoms with Gasteiger partial charge >= 0.3 is 0 Å². The van der Waals surface area contributed by atoms with E-state index in [1.54, 1.807) is 17.5 Å². The number of carbonyl (C=O) groups excluding carboxylic acids is 2. The zero-order valence-corrected chi connectivity index (χ0v) is 12.1. The summed E-state index contributed by atoms with van der Waals surface area (Å²) >= 11 is 1.24. The van der Waals surface area contributed by atoms with Crippen molar-refractivity contribution in [2.75, 3.05) is 5.32 Å². The predicted molar refractivity (Wildman–Crippen MR) is 78.0 cm³/mol. The average molecular weight is 304 g/mol. The van der Waals surface area contributed by atoms with E-state index in [2.05, 4.69) is 10.3 Å². The van der Waals surface area contributed by atoms with Crippen LogP contribution in [0.5, 0.6) is 0 Å². The first-order chi connectivity index (χ1) is 10.0. The lowest BCUT2D eigenvalue weighted by Gasteiger charge is -2.01. The number of benzene rings is 1. The van der Waals surface area contributed by atoms with Gasteiger partial charge in [-0.2, -0.15) is 0 Å². The lowest BCUT2D eigenvalue weighted by molar-refractivity contribution is -0.117. The highest BCUT2D eigenvalue weighted by atomic mass is 32.1. The van der Waals surface area contributed by atoms with Crippen LogP contribution in [-0.4, -0.2) is 16.7 Å². The number of nitrogens with one attached hydrogen (secondary N) is 1. The van der Waals surface area contributed by atoms with E-state index in [9.17, 15) is 14.0 Å². The number of anilines is 1. The third-order valence-corrected chi connectivity index (χ3v) is 4.28. The van der Waals surface area contributed by atoms with Gasteiger partial charge in [0, 0.05) is 18.2 Å². The Balaban J connectivity index is 1.62. The lowest BCUT2D eigenvalue weighted by Crippen LogP contribution is -2.14. The molecule has 0 saturated heterocycles. The molecule has 1 heterocycles. The molecule has 1 amide bonds. The average Bonchev–Trinajstić information content (AvgIpc) is 3.11. The first-order valence-electron chi connectivity index (χ1n) is 6.57. The molecule has 1 aliphatic carbocycles. The standard InChI is InChI=1S/C15H13FN2O2S/c1-8(19)13-7-21-15(17-13)18-14(20)12-6-11(12)9-2-4-10(16)5-3-9/h2-5,7,11-12H,6H2,1H3,(H,17,18,20). The fourth-order valence-corrected chi connectivity index (χ4v) is 3.01. The van der Waals surface area contributed by atoms with E-state index >= 15 is 0 Å². The maximum Gasteiger partial charge on any atom is 0.229 e. The Kier molecular flexibility index (Phi) is 3.55. The van der Waals surface area contributed by atoms with Crippen molar-refractivity contribution in [2.24, 2.45) is 5.92 Å². The van der Waals surface area contributed by atoms with E-state index in [1.165, 1.54) is 30.4 Å². The summed E-state index contributed by atoms with van der Waals surface area (Å²) in [6, 6.07) is 6.24. The highest BCUT2D eigenvalue weighted by molar-refractivity contribution is 7.14. The molecule has 1 N–H and O–H groups in total. The van der Waals surface area contributed by atoms with Crippen molar-refractivity contribution in [1.82, 2.24) is 4.98 Å². The summed E-state index contributed by atoms with van der Waals surface area (Å²) in [4.78, 5) is 27.3. The maximum atomic E-state index is 12.9. The molecule has 0 radical (unpaired) electrons. The topological polar surface area (TPSA) is 59.1 Å². The van der Waals surface area contributed by atoms with Crippen LogP contribution in [0.1, 0.15) is 35.3 Å². The van der Waals surface area contributed by atoms with Crippen molar-refractivity contribution >= 4 is 28.2 Å². The number of aromatic nitrogens is 1. The van der Waals surface area contributed by atoms with Gasteiger partial charge in [0.25, 0.3) is 0 Å². The number of halogens is 1. The number of hydrogen-bond acceptors (Lipinski definition) is 4. The van der Waals surface area contributed by atoms with Crippen molar-refractivity contribution in [1.29, 1.82) is 0 Å². The molecular weight excluding hydrogens is 291 g/mol.